The van der Waals surface area contributed by atoms with Gasteiger partial charge in [0, 0.05) is 6.07 Å². The Morgan fingerprint density at radius 3 is 3.00 bits per heavy atom. The molecule has 1 N–H and O–H groups in total. The van der Waals surface area contributed by atoms with Crippen molar-refractivity contribution in [2.45, 2.75) is 0 Å². The van der Waals surface area contributed by atoms with Crippen molar-refractivity contribution in [3.05, 3.63) is 31.0 Å². The van der Waals surface area contributed by atoms with Gasteiger partial charge in [0.2, 0.25) is 5.88 Å². The summed E-state index contributed by atoms with van der Waals surface area (Å²) in [5.74, 6) is 0.624. The van der Waals surface area contributed by atoms with Gasteiger partial charge in [0.25, 0.3) is 0 Å². The third-order valence-corrected chi connectivity index (χ3v) is 1.07. The maximum atomic E-state index is 8.84. The predicted molar refractivity (Wildman–Crippen MR) is 41.6 cm³/mol. The van der Waals surface area contributed by atoms with Crippen molar-refractivity contribution in [1.82, 2.24) is 4.98 Å². The number of aromatic nitrogens is 1. The molecule has 0 unspecified atom stereocenters. The maximum Gasteiger partial charge on any atom is 0.213 e. The van der Waals surface area contributed by atoms with Crippen LogP contribution in [0, 0.1) is 0 Å². The Morgan fingerprint density at radius 2 is 2.45 bits per heavy atom. The fourth-order valence-electron chi connectivity index (χ4n) is 0.602. The number of hydrogen-bond acceptors (Lipinski definition) is 3. The van der Waals surface area contributed by atoms with Crippen molar-refractivity contribution in [2.75, 3.05) is 6.61 Å². The van der Waals surface area contributed by atoms with Gasteiger partial charge in [-0.3, -0.25) is 0 Å². The van der Waals surface area contributed by atoms with E-state index in [4.69, 9.17) is 9.84 Å². The van der Waals surface area contributed by atoms with Crippen molar-refractivity contribution in [3.63, 3.8) is 0 Å². The van der Waals surface area contributed by atoms with Gasteiger partial charge < -0.3 is 9.84 Å². The smallest absolute Gasteiger partial charge is 0.213 e. The zero-order valence-corrected chi connectivity index (χ0v) is 6.03. The van der Waals surface area contributed by atoms with Gasteiger partial charge in [-0.25, -0.2) is 4.98 Å². The molecule has 0 aliphatic rings. The first-order chi connectivity index (χ1) is 5.33. The van der Waals surface area contributed by atoms with Crippen LogP contribution in [0.15, 0.2) is 31.0 Å². The zero-order chi connectivity index (χ0) is 8.10. The van der Waals surface area contributed by atoms with E-state index in [0.29, 0.717) is 12.5 Å². The Bertz CT molecular complexity index is 230. The minimum atomic E-state index is 0.135. The fourth-order valence-corrected chi connectivity index (χ4v) is 0.602. The molecule has 0 aromatic carbocycles. The van der Waals surface area contributed by atoms with E-state index in [1.165, 1.54) is 12.3 Å². The summed E-state index contributed by atoms with van der Waals surface area (Å²) in [6.07, 6.45) is 2.97. The molecule has 11 heavy (non-hydrogen) atoms. The van der Waals surface area contributed by atoms with E-state index in [-0.39, 0.29) is 5.75 Å². The van der Waals surface area contributed by atoms with Crippen LogP contribution in [0.4, 0.5) is 0 Å². The van der Waals surface area contributed by atoms with Crippen molar-refractivity contribution >= 4 is 0 Å². The quantitative estimate of drug-likeness (QED) is 0.663. The van der Waals surface area contributed by atoms with Crippen LogP contribution < -0.4 is 4.74 Å². The van der Waals surface area contributed by atoms with Gasteiger partial charge in [0.1, 0.15) is 12.4 Å². The highest BCUT2D eigenvalue weighted by Gasteiger charge is 1.91. The van der Waals surface area contributed by atoms with Crippen molar-refractivity contribution in [2.24, 2.45) is 0 Å². The SMILES string of the molecule is C=CCOc1ccc(O)cn1. The van der Waals surface area contributed by atoms with Crippen LogP contribution in [-0.2, 0) is 0 Å². The molecule has 0 saturated heterocycles. The normalized spacial score (nSPS) is 9.09. The second-order valence-electron chi connectivity index (χ2n) is 1.95. The average Bonchev–Trinajstić information content (AvgIpc) is 2.04. The van der Waals surface area contributed by atoms with Gasteiger partial charge in [-0.1, -0.05) is 12.7 Å². The first-order valence-corrected chi connectivity index (χ1v) is 3.21. The van der Waals surface area contributed by atoms with E-state index in [0.717, 1.165) is 0 Å². The number of aromatic hydroxyl groups is 1. The first kappa shape index (κ1) is 7.60. The van der Waals surface area contributed by atoms with Gasteiger partial charge >= 0.3 is 0 Å². The average molecular weight is 151 g/mol. The lowest BCUT2D eigenvalue weighted by molar-refractivity contribution is 0.347. The Hall–Kier alpha value is -1.51. The van der Waals surface area contributed by atoms with E-state index in [9.17, 15) is 0 Å². The summed E-state index contributed by atoms with van der Waals surface area (Å²) < 4.78 is 5.07. The monoisotopic (exact) mass is 151 g/mol. The molecule has 0 aliphatic carbocycles. The second-order valence-corrected chi connectivity index (χ2v) is 1.95. The minimum Gasteiger partial charge on any atom is -0.506 e. The number of pyridine rings is 1. The second kappa shape index (κ2) is 3.61. The molecule has 1 aromatic rings. The summed E-state index contributed by atoms with van der Waals surface area (Å²) in [7, 11) is 0. The molecular formula is C8H9NO2. The zero-order valence-electron chi connectivity index (χ0n) is 6.03. The highest BCUT2D eigenvalue weighted by molar-refractivity contribution is 5.21. The van der Waals surface area contributed by atoms with E-state index in [1.54, 1.807) is 12.1 Å². The molecule has 0 saturated carbocycles. The molecule has 1 rings (SSSR count). The fraction of sp³-hybridized carbons (Fsp3) is 0.125. The molecule has 1 heterocycles. The van der Waals surface area contributed by atoms with E-state index >= 15 is 0 Å². The molecule has 0 spiro atoms. The Labute approximate surface area is 65.0 Å². The first-order valence-electron chi connectivity index (χ1n) is 3.21. The van der Waals surface area contributed by atoms with Gasteiger partial charge in [-0.2, -0.15) is 0 Å². The highest BCUT2D eigenvalue weighted by atomic mass is 16.5. The summed E-state index contributed by atoms with van der Waals surface area (Å²) in [5, 5.41) is 8.84. The van der Waals surface area contributed by atoms with Crippen LogP contribution in [0.25, 0.3) is 0 Å². The Kier molecular flexibility index (Phi) is 2.49. The number of rotatable bonds is 3. The van der Waals surface area contributed by atoms with Crippen molar-refractivity contribution in [1.29, 1.82) is 0 Å². The maximum absolute atomic E-state index is 8.84. The molecule has 0 amide bonds. The van der Waals surface area contributed by atoms with Crippen LogP contribution >= 0.6 is 0 Å². The van der Waals surface area contributed by atoms with E-state index in [2.05, 4.69) is 11.6 Å². The van der Waals surface area contributed by atoms with Crippen LogP contribution in [0.1, 0.15) is 0 Å². The summed E-state index contributed by atoms with van der Waals surface area (Å²) in [6.45, 7) is 3.92. The number of nitrogens with zero attached hydrogens (tertiary/aromatic N) is 1. The molecule has 0 atom stereocenters. The summed E-state index contributed by atoms with van der Waals surface area (Å²) in [6, 6.07) is 3.12. The topological polar surface area (TPSA) is 42.4 Å². The minimum absolute atomic E-state index is 0.135. The molecule has 0 bridgehead atoms. The molecule has 58 valence electrons. The standard InChI is InChI=1S/C8H9NO2/c1-2-5-11-8-4-3-7(10)6-9-8/h2-4,6,10H,1,5H2. The third kappa shape index (κ3) is 2.29. The number of ether oxygens (including phenoxy) is 1. The summed E-state index contributed by atoms with van der Waals surface area (Å²) in [4.78, 5) is 3.80. The lowest BCUT2D eigenvalue weighted by Crippen LogP contribution is -1.93. The lowest BCUT2D eigenvalue weighted by Gasteiger charge is -1.99. The van der Waals surface area contributed by atoms with E-state index < -0.39 is 0 Å². The molecule has 3 heteroatoms. The Morgan fingerprint density at radius 1 is 1.64 bits per heavy atom. The van der Waals surface area contributed by atoms with Crippen LogP contribution in [-0.4, -0.2) is 16.7 Å². The van der Waals surface area contributed by atoms with Crippen LogP contribution in [0.2, 0.25) is 0 Å². The molecule has 0 aliphatic heterocycles. The van der Waals surface area contributed by atoms with Crippen LogP contribution in [0.5, 0.6) is 11.6 Å². The van der Waals surface area contributed by atoms with Crippen molar-refractivity contribution < 1.29 is 9.84 Å². The molecular weight excluding hydrogens is 142 g/mol. The molecule has 0 radical (unpaired) electrons. The van der Waals surface area contributed by atoms with Gasteiger partial charge in [0.05, 0.1) is 6.20 Å². The van der Waals surface area contributed by atoms with Crippen molar-refractivity contribution in [3.8, 4) is 11.6 Å². The predicted octanol–water partition coefficient (Wildman–Crippen LogP) is 1.35. The van der Waals surface area contributed by atoms with E-state index in [1.807, 2.05) is 0 Å². The lowest BCUT2D eigenvalue weighted by atomic mass is 10.4. The summed E-state index contributed by atoms with van der Waals surface area (Å²) >= 11 is 0. The molecule has 0 fully saturated rings. The van der Waals surface area contributed by atoms with Gasteiger partial charge in [-0.05, 0) is 6.07 Å². The molecule has 3 nitrogen and oxygen atoms in total. The Balaban J connectivity index is 2.58. The largest absolute Gasteiger partial charge is 0.506 e. The number of hydrogen-bond donors (Lipinski definition) is 1. The summed E-state index contributed by atoms with van der Waals surface area (Å²) in [5.41, 5.74) is 0. The van der Waals surface area contributed by atoms with Crippen LogP contribution in [0.3, 0.4) is 0 Å². The van der Waals surface area contributed by atoms with Gasteiger partial charge in [0.15, 0.2) is 0 Å². The highest BCUT2D eigenvalue weighted by Crippen LogP contribution is 2.10. The van der Waals surface area contributed by atoms with Gasteiger partial charge in [-0.15, -0.1) is 0 Å². The third-order valence-electron chi connectivity index (χ3n) is 1.07. The molecule has 1 aromatic heterocycles.